The number of carbonyl (C=O) groups is 1. The molecule has 5 nitrogen and oxygen atoms in total. The average Bonchev–Trinajstić information content (AvgIpc) is 3.52. The zero-order valence-electron chi connectivity index (χ0n) is 17.7. The van der Waals surface area contributed by atoms with Crippen molar-refractivity contribution in [3.05, 3.63) is 88.2 Å². The zero-order valence-corrected chi connectivity index (χ0v) is 19.3. The molecular weight excluding hydrogens is 438 g/mol. The molecular formula is C25H21N3O2S2. The van der Waals surface area contributed by atoms with Crippen molar-refractivity contribution < 1.29 is 9.53 Å². The first-order chi connectivity index (χ1) is 15.6. The summed E-state index contributed by atoms with van der Waals surface area (Å²) in [7, 11) is 1.65. The van der Waals surface area contributed by atoms with Gasteiger partial charge in [0.1, 0.15) is 11.4 Å². The standard InChI is InChI=1S/C25H21N3O2S2/c1-16-8-9-22(30-2)18(12-16)19-15-32-25(26-19)27-24(29)21-13-23-20(10-11-31-23)28(21)14-17-6-4-3-5-7-17/h3-13,15H,14H2,1-2H3,(H,26,27,29). The number of ether oxygens (including phenoxy) is 1. The summed E-state index contributed by atoms with van der Waals surface area (Å²) < 4.78 is 8.64. The monoisotopic (exact) mass is 459 g/mol. The average molecular weight is 460 g/mol. The van der Waals surface area contributed by atoms with Crippen molar-refractivity contribution in [3.8, 4) is 17.0 Å². The first-order valence-corrected chi connectivity index (χ1v) is 11.9. The van der Waals surface area contributed by atoms with Gasteiger partial charge in [-0.2, -0.15) is 0 Å². The van der Waals surface area contributed by atoms with Crippen molar-refractivity contribution in [2.45, 2.75) is 13.5 Å². The molecule has 3 aromatic heterocycles. The van der Waals surface area contributed by atoms with Crippen LogP contribution in [0.15, 0.2) is 71.4 Å². The predicted molar refractivity (Wildman–Crippen MR) is 132 cm³/mol. The summed E-state index contributed by atoms with van der Waals surface area (Å²) >= 11 is 3.04. The number of benzene rings is 2. The number of aryl methyl sites for hydroxylation is 1. The highest BCUT2D eigenvalue weighted by molar-refractivity contribution is 7.17. The molecule has 0 spiro atoms. The van der Waals surface area contributed by atoms with E-state index in [1.807, 2.05) is 54.8 Å². The van der Waals surface area contributed by atoms with Gasteiger partial charge >= 0.3 is 0 Å². The van der Waals surface area contributed by atoms with Gasteiger partial charge < -0.3 is 9.30 Å². The molecule has 1 amide bonds. The fourth-order valence-electron chi connectivity index (χ4n) is 3.74. The maximum Gasteiger partial charge on any atom is 0.274 e. The summed E-state index contributed by atoms with van der Waals surface area (Å²) in [6.07, 6.45) is 0. The van der Waals surface area contributed by atoms with Gasteiger partial charge in [0.15, 0.2) is 5.13 Å². The van der Waals surface area contributed by atoms with Crippen LogP contribution in [0, 0.1) is 6.92 Å². The van der Waals surface area contributed by atoms with Crippen molar-refractivity contribution >= 4 is 43.9 Å². The van der Waals surface area contributed by atoms with Crippen molar-refractivity contribution in [1.82, 2.24) is 9.55 Å². The lowest BCUT2D eigenvalue weighted by Crippen LogP contribution is -2.17. The Morgan fingerprint density at radius 1 is 1.09 bits per heavy atom. The number of thiazole rings is 1. The molecule has 0 aliphatic carbocycles. The molecule has 5 aromatic rings. The molecule has 0 saturated heterocycles. The van der Waals surface area contributed by atoms with E-state index in [1.165, 1.54) is 11.3 Å². The van der Waals surface area contributed by atoms with Gasteiger partial charge in [-0.3, -0.25) is 10.1 Å². The van der Waals surface area contributed by atoms with Gasteiger partial charge in [-0.25, -0.2) is 4.98 Å². The summed E-state index contributed by atoms with van der Waals surface area (Å²) in [6.45, 7) is 2.66. The summed E-state index contributed by atoms with van der Waals surface area (Å²) in [5.74, 6) is 0.595. The molecule has 0 atom stereocenters. The highest BCUT2D eigenvalue weighted by Gasteiger charge is 2.19. The Bertz CT molecular complexity index is 1400. The molecule has 1 N–H and O–H groups in total. The molecule has 0 saturated carbocycles. The number of rotatable bonds is 6. The SMILES string of the molecule is COc1ccc(C)cc1-c1csc(NC(=O)c2cc3sccc3n2Cc2ccccc2)n1. The van der Waals surface area contributed by atoms with E-state index in [9.17, 15) is 4.79 Å². The van der Waals surface area contributed by atoms with Crippen LogP contribution >= 0.6 is 22.7 Å². The number of carbonyl (C=O) groups excluding carboxylic acids is 1. The topological polar surface area (TPSA) is 56.1 Å². The first kappa shape index (κ1) is 20.5. The van der Waals surface area contributed by atoms with Crippen LogP contribution in [-0.2, 0) is 6.54 Å². The van der Waals surface area contributed by atoms with E-state index < -0.39 is 0 Å². The van der Waals surface area contributed by atoms with Crippen LogP contribution in [0.3, 0.4) is 0 Å². The maximum absolute atomic E-state index is 13.2. The van der Waals surface area contributed by atoms with E-state index in [0.29, 0.717) is 17.4 Å². The van der Waals surface area contributed by atoms with Crippen LogP contribution in [-0.4, -0.2) is 22.6 Å². The number of anilines is 1. The zero-order chi connectivity index (χ0) is 22.1. The molecule has 2 aromatic carbocycles. The van der Waals surface area contributed by atoms with E-state index in [0.717, 1.165) is 38.4 Å². The predicted octanol–water partition coefficient (Wildman–Crippen LogP) is 6.44. The highest BCUT2D eigenvalue weighted by atomic mass is 32.1. The smallest absolute Gasteiger partial charge is 0.274 e. The molecule has 7 heteroatoms. The summed E-state index contributed by atoms with van der Waals surface area (Å²) in [5.41, 5.74) is 5.66. The lowest BCUT2D eigenvalue weighted by Gasteiger charge is -2.10. The summed E-state index contributed by atoms with van der Waals surface area (Å²) in [5, 5.41) is 7.54. The van der Waals surface area contributed by atoms with E-state index in [-0.39, 0.29) is 5.91 Å². The van der Waals surface area contributed by atoms with Crippen LogP contribution in [0.25, 0.3) is 21.5 Å². The Labute approximate surface area is 193 Å². The van der Waals surface area contributed by atoms with E-state index in [2.05, 4.69) is 38.4 Å². The fourth-order valence-corrected chi connectivity index (χ4v) is 5.27. The lowest BCUT2D eigenvalue weighted by atomic mass is 10.1. The molecule has 32 heavy (non-hydrogen) atoms. The van der Waals surface area contributed by atoms with Gasteiger partial charge in [-0.15, -0.1) is 22.7 Å². The van der Waals surface area contributed by atoms with Gasteiger partial charge in [-0.05, 0) is 42.1 Å². The van der Waals surface area contributed by atoms with Crippen LogP contribution in [0.2, 0.25) is 0 Å². The van der Waals surface area contributed by atoms with Crippen molar-refractivity contribution in [2.75, 3.05) is 12.4 Å². The van der Waals surface area contributed by atoms with Gasteiger partial charge in [0.05, 0.1) is 23.0 Å². The molecule has 160 valence electrons. The Morgan fingerprint density at radius 2 is 1.94 bits per heavy atom. The largest absolute Gasteiger partial charge is 0.496 e. The Balaban J connectivity index is 1.44. The Kier molecular flexibility index (Phi) is 5.51. The number of methoxy groups -OCH3 is 1. The maximum atomic E-state index is 13.2. The summed E-state index contributed by atoms with van der Waals surface area (Å²) in [4.78, 5) is 17.9. The molecule has 0 bridgehead atoms. The Morgan fingerprint density at radius 3 is 2.75 bits per heavy atom. The van der Waals surface area contributed by atoms with Crippen molar-refractivity contribution in [1.29, 1.82) is 0 Å². The fraction of sp³-hybridized carbons (Fsp3) is 0.120. The number of nitrogens with one attached hydrogen (secondary N) is 1. The molecule has 5 rings (SSSR count). The minimum absolute atomic E-state index is 0.165. The van der Waals surface area contributed by atoms with E-state index in [1.54, 1.807) is 18.4 Å². The minimum atomic E-state index is -0.165. The second kappa shape index (κ2) is 8.61. The number of aromatic nitrogens is 2. The van der Waals surface area contributed by atoms with Crippen LogP contribution < -0.4 is 10.1 Å². The minimum Gasteiger partial charge on any atom is -0.496 e. The molecule has 3 heterocycles. The second-order valence-corrected chi connectivity index (χ2v) is 9.27. The number of hydrogen-bond acceptors (Lipinski definition) is 5. The molecule has 0 unspecified atom stereocenters. The van der Waals surface area contributed by atoms with E-state index in [4.69, 9.17) is 4.74 Å². The van der Waals surface area contributed by atoms with Gasteiger partial charge in [0, 0.05) is 17.5 Å². The van der Waals surface area contributed by atoms with Crippen molar-refractivity contribution in [3.63, 3.8) is 0 Å². The van der Waals surface area contributed by atoms with Gasteiger partial charge in [0.2, 0.25) is 0 Å². The molecule has 0 aliphatic heterocycles. The van der Waals surface area contributed by atoms with Crippen molar-refractivity contribution in [2.24, 2.45) is 0 Å². The third-order valence-corrected chi connectivity index (χ3v) is 6.91. The number of hydrogen-bond donors (Lipinski definition) is 1. The van der Waals surface area contributed by atoms with Gasteiger partial charge in [-0.1, -0.05) is 42.0 Å². The third kappa shape index (κ3) is 3.92. The number of nitrogens with zero attached hydrogens (tertiary/aromatic N) is 2. The molecule has 0 radical (unpaired) electrons. The van der Waals surface area contributed by atoms with Crippen LogP contribution in [0.5, 0.6) is 5.75 Å². The lowest BCUT2D eigenvalue weighted by molar-refractivity contribution is 0.101. The quantitative estimate of drug-likeness (QED) is 0.318. The van der Waals surface area contributed by atoms with E-state index >= 15 is 0 Å². The summed E-state index contributed by atoms with van der Waals surface area (Å²) in [6, 6.07) is 20.2. The first-order valence-electron chi connectivity index (χ1n) is 10.1. The Hall–Kier alpha value is -3.42. The van der Waals surface area contributed by atoms with Gasteiger partial charge in [0.25, 0.3) is 5.91 Å². The normalized spacial score (nSPS) is 11.1. The number of fused-ring (bicyclic) bond motifs is 1. The molecule has 0 aliphatic rings. The van der Waals surface area contributed by atoms with Crippen LogP contribution in [0.1, 0.15) is 21.6 Å². The highest BCUT2D eigenvalue weighted by Crippen LogP contribution is 2.33. The number of thiophene rings is 1. The third-order valence-electron chi connectivity index (χ3n) is 5.29. The number of amides is 1. The second-order valence-electron chi connectivity index (χ2n) is 7.47. The molecule has 0 fully saturated rings. The van der Waals surface area contributed by atoms with Crippen LogP contribution in [0.4, 0.5) is 5.13 Å².